The smallest absolute Gasteiger partial charge is 0.290 e. The van der Waals surface area contributed by atoms with Gasteiger partial charge in [-0.05, 0) is 44.4 Å². The minimum Gasteiger partial charge on any atom is -0.348 e. The fourth-order valence-electron chi connectivity index (χ4n) is 3.23. The molecular formula is C22H24N4O2. The molecule has 6 heteroatoms. The Hall–Kier alpha value is -3.15. The Morgan fingerprint density at radius 1 is 1.14 bits per heavy atom. The number of fused-ring (bicyclic) bond motifs is 1. The molecule has 2 heterocycles. The maximum Gasteiger partial charge on any atom is 0.290 e. The Morgan fingerprint density at radius 2 is 1.86 bits per heavy atom. The summed E-state index contributed by atoms with van der Waals surface area (Å²) in [6, 6.07) is 15.6. The highest BCUT2D eigenvalue weighted by Crippen LogP contribution is 2.21. The summed E-state index contributed by atoms with van der Waals surface area (Å²) in [7, 11) is 0. The number of rotatable bonds is 6. The van der Waals surface area contributed by atoms with Gasteiger partial charge in [-0.3, -0.25) is 14.0 Å². The van der Waals surface area contributed by atoms with E-state index in [1.165, 1.54) is 0 Å². The lowest BCUT2D eigenvalue weighted by molar-refractivity contribution is 0.0677. The molecule has 2 amide bonds. The van der Waals surface area contributed by atoms with Gasteiger partial charge in [0.05, 0.1) is 5.52 Å². The van der Waals surface area contributed by atoms with E-state index in [9.17, 15) is 9.59 Å². The van der Waals surface area contributed by atoms with Crippen molar-refractivity contribution in [3.05, 3.63) is 71.8 Å². The highest BCUT2D eigenvalue weighted by Gasteiger charge is 2.29. The van der Waals surface area contributed by atoms with Crippen LogP contribution in [0.5, 0.6) is 0 Å². The molecular weight excluding hydrogens is 352 g/mol. The molecule has 144 valence electrons. The minimum absolute atomic E-state index is 0.00694. The predicted octanol–water partition coefficient (Wildman–Crippen LogP) is 3.28. The molecule has 28 heavy (non-hydrogen) atoms. The van der Waals surface area contributed by atoms with Crippen molar-refractivity contribution in [3.63, 3.8) is 0 Å². The standard InChI is InChI=1S/C22H24N4O2/c1-15(2)26(14-16-8-4-3-5-9-16)22(28)20-24-19(21(27)23-17-11-12-17)18-10-6-7-13-25(18)20/h3-10,13,15,17H,11-12,14H2,1-2H3,(H,23,27). The number of amides is 2. The molecule has 1 aromatic carbocycles. The Balaban J connectivity index is 1.70. The van der Waals surface area contributed by atoms with Crippen molar-refractivity contribution >= 4 is 17.3 Å². The van der Waals surface area contributed by atoms with Gasteiger partial charge in [-0.15, -0.1) is 0 Å². The molecule has 4 rings (SSSR count). The number of aromatic nitrogens is 2. The first-order valence-corrected chi connectivity index (χ1v) is 9.67. The van der Waals surface area contributed by atoms with Crippen molar-refractivity contribution < 1.29 is 9.59 Å². The average molecular weight is 376 g/mol. The van der Waals surface area contributed by atoms with E-state index in [4.69, 9.17) is 0 Å². The van der Waals surface area contributed by atoms with E-state index in [-0.39, 0.29) is 29.7 Å². The molecule has 0 atom stereocenters. The van der Waals surface area contributed by atoms with E-state index in [0.717, 1.165) is 18.4 Å². The molecule has 1 aliphatic rings. The highest BCUT2D eigenvalue weighted by atomic mass is 16.2. The second-order valence-corrected chi connectivity index (χ2v) is 7.50. The monoisotopic (exact) mass is 376 g/mol. The quantitative estimate of drug-likeness (QED) is 0.718. The number of carbonyl (C=O) groups excluding carboxylic acids is 2. The van der Waals surface area contributed by atoms with Gasteiger partial charge < -0.3 is 10.2 Å². The van der Waals surface area contributed by atoms with Crippen molar-refractivity contribution in [1.29, 1.82) is 0 Å². The lowest BCUT2D eigenvalue weighted by Crippen LogP contribution is -2.37. The number of imidazole rings is 1. The largest absolute Gasteiger partial charge is 0.348 e. The molecule has 6 nitrogen and oxygen atoms in total. The van der Waals surface area contributed by atoms with Gasteiger partial charge in [0, 0.05) is 24.8 Å². The summed E-state index contributed by atoms with van der Waals surface area (Å²) in [6.07, 6.45) is 3.79. The van der Waals surface area contributed by atoms with Crippen molar-refractivity contribution in [2.24, 2.45) is 0 Å². The van der Waals surface area contributed by atoms with Crippen LogP contribution < -0.4 is 5.32 Å². The number of benzene rings is 1. The Labute approximate surface area is 164 Å². The minimum atomic E-state index is -0.218. The number of hydrogen-bond acceptors (Lipinski definition) is 3. The Bertz CT molecular complexity index is 1010. The number of nitrogens with zero attached hydrogens (tertiary/aromatic N) is 3. The van der Waals surface area contributed by atoms with E-state index in [0.29, 0.717) is 17.8 Å². The van der Waals surface area contributed by atoms with Gasteiger partial charge >= 0.3 is 0 Å². The van der Waals surface area contributed by atoms with E-state index in [1.54, 1.807) is 15.5 Å². The van der Waals surface area contributed by atoms with E-state index in [2.05, 4.69) is 10.3 Å². The van der Waals surface area contributed by atoms with Crippen LogP contribution in [0.1, 0.15) is 53.4 Å². The second kappa shape index (κ2) is 7.46. The third-order valence-corrected chi connectivity index (χ3v) is 4.95. The van der Waals surface area contributed by atoms with E-state index < -0.39 is 0 Å². The summed E-state index contributed by atoms with van der Waals surface area (Å²) in [5, 5.41) is 2.97. The third-order valence-electron chi connectivity index (χ3n) is 4.95. The summed E-state index contributed by atoms with van der Waals surface area (Å²) < 4.78 is 1.71. The Morgan fingerprint density at radius 3 is 2.54 bits per heavy atom. The number of nitrogens with one attached hydrogen (secondary N) is 1. The van der Waals surface area contributed by atoms with Gasteiger partial charge in [-0.2, -0.15) is 0 Å². The van der Waals surface area contributed by atoms with E-state index in [1.807, 2.05) is 62.4 Å². The summed E-state index contributed by atoms with van der Waals surface area (Å²) in [4.78, 5) is 32.3. The van der Waals surface area contributed by atoms with Crippen LogP contribution in [0.2, 0.25) is 0 Å². The second-order valence-electron chi connectivity index (χ2n) is 7.50. The molecule has 1 N–H and O–H groups in total. The normalized spacial score (nSPS) is 13.7. The number of pyridine rings is 1. The molecule has 1 saturated carbocycles. The summed E-state index contributed by atoms with van der Waals surface area (Å²) in [5.41, 5.74) is 2.00. The SMILES string of the molecule is CC(C)N(Cc1ccccc1)C(=O)c1nc(C(=O)NC2CC2)c2ccccn12. The van der Waals surface area contributed by atoms with Crippen LogP contribution in [0.3, 0.4) is 0 Å². The molecule has 0 bridgehead atoms. The molecule has 1 fully saturated rings. The van der Waals surface area contributed by atoms with Gasteiger partial charge in [-0.25, -0.2) is 4.98 Å². The maximum absolute atomic E-state index is 13.4. The van der Waals surface area contributed by atoms with Crippen LogP contribution in [0.4, 0.5) is 0 Å². The van der Waals surface area contributed by atoms with Crippen LogP contribution in [0, 0.1) is 0 Å². The van der Waals surface area contributed by atoms with Gasteiger partial charge in [-0.1, -0.05) is 36.4 Å². The fraction of sp³-hybridized carbons (Fsp3) is 0.318. The zero-order valence-corrected chi connectivity index (χ0v) is 16.1. The van der Waals surface area contributed by atoms with Crippen molar-refractivity contribution in [3.8, 4) is 0 Å². The Kier molecular flexibility index (Phi) is 4.86. The van der Waals surface area contributed by atoms with Crippen LogP contribution in [-0.2, 0) is 6.54 Å². The first kappa shape index (κ1) is 18.2. The van der Waals surface area contributed by atoms with Gasteiger partial charge in [0.15, 0.2) is 5.69 Å². The van der Waals surface area contributed by atoms with Crippen LogP contribution in [0.25, 0.3) is 5.52 Å². The highest BCUT2D eigenvalue weighted by molar-refractivity contribution is 6.02. The molecule has 0 radical (unpaired) electrons. The third kappa shape index (κ3) is 3.63. The van der Waals surface area contributed by atoms with E-state index >= 15 is 0 Å². The van der Waals surface area contributed by atoms with Crippen molar-refractivity contribution in [2.45, 2.75) is 45.3 Å². The zero-order valence-electron chi connectivity index (χ0n) is 16.1. The first-order valence-electron chi connectivity index (χ1n) is 9.67. The number of carbonyl (C=O) groups is 2. The van der Waals surface area contributed by atoms with Crippen LogP contribution in [-0.4, -0.2) is 38.2 Å². The predicted molar refractivity (Wildman–Crippen MR) is 107 cm³/mol. The van der Waals surface area contributed by atoms with Crippen molar-refractivity contribution in [2.75, 3.05) is 0 Å². The van der Waals surface area contributed by atoms with Gasteiger partial charge in [0.2, 0.25) is 5.82 Å². The molecule has 0 aliphatic heterocycles. The zero-order chi connectivity index (χ0) is 19.7. The summed E-state index contributed by atoms with van der Waals surface area (Å²) >= 11 is 0. The topological polar surface area (TPSA) is 66.7 Å². The summed E-state index contributed by atoms with van der Waals surface area (Å²) in [6.45, 7) is 4.46. The molecule has 0 spiro atoms. The van der Waals surface area contributed by atoms with Crippen molar-refractivity contribution in [1.82, 2.24) is 19.6 Å². The lowest BCUT2D eigenvalue weighted by Gasteiger charge is -2.26. The molecule has 3 aromatic rings. The molecule has 0 saturated heterocycles. The van der Waals surface area contributed by atoms with Crippen LogP contribution in [0.15, 0.2) is 54.7 Å². The van der Waals surface area contributed by atoms with Gasteiger partial charge in [0.1, 0.15) is 0 Å². The number of hydrogen-bond donors (Lipinski definition) is 1. The molecule has 2 aromatic heterocycles. The first-order chi connectivity index (χ1) is 13.5. The summed E-state index contributed by atoms with van der Waals surface area (Å²) in [5.74, 6) is -0.142. The van der Waals surface area contributed by atoms with Crippen LogP contribution >= 0.6 is 0 Å². The average Bonchev–Trinajstić information content (AvgIpc) is 3.43. The molecule has 0 unspecified atom stereocenters. The fourth-order valence-corrected chi connectivity index (χ4v) is 3.23. The lowest BCUT2D eigenvalue weighted by atomic mass is 10.2. The molecule has 1 aliphatic carbocycles. The maximum atomic E-state index is 13.4. The van der Waals surface area contributed by atoms with Gasteiger partial charge in [0.25, 0.3) is 11.8 Å².